The molecule has 0 aromatic heterocycles. The minimum Gasteiger partial charge on any atom is -0.396 e. The van der Waals surface area contributed by atoms with Crippen LogP contribution >= 0.6 is 0 Å². The molecule has 0 spiro atoms. The minimum atomic E-state index is -3.34. The third-order valence-corrected chi connectivity index (χ3v) is 6.41. The van der Waals surface area contributed by atoms with Crippen LogP contribution in [0, 0.1) is 11.8 Å². The Kier molecular flexibility index (Phi) is 4.87. The quantitative estimate of drug-likeness (QED) is 0.842. The number of hydrogen-bond donors (Lipinski definition) is 1. The maximum absolute atomic E-state index is 12.7. The van der Waals surface area contributed by atoms with Crippen molar-refractivity contribution >= 4 is 10.2 Å². The van der Waals surface area contributed by atoms with Crippen LogP contribution in [0.5, 0.6) is 0 Å². The monoisotopic (exact) mass is 290 g/mol. The van der Waals surface area contributed by atoms with E-state index in [4.69, 9.17) is 0 Å². The van der Waals surface area contributed by atoms with E-state index in [1.807, 2.05) is 0 Å². The van der Waals surface area contributed by atoms with Gasteiger partial charge in [0.1, 0.15) is 0 Å². The lowest BCUT2D eigenvalue weighted by Crippen LogP contribution is -2.50. The lowest BCUT2D eigenvalue weighted by atomic mass is 10.0. The van der Waals surface area contributed by atoms with Gasteiger partial charge in [-0.2, -0.15) is 17.0 Å². The third-order valence-electron chi connectivity index (χ3n) is 4.38. The van der Waals surface area contributed by atoms with E-state index in [1.54, 1.807) is 8.61 Å². The van der Waals surface area contributed by atoms with Gasteiger partial charge >= 0.3 is 0 Å². The van der Waals surface area contributed by atoms with Crippen molar-refractivity contribution in [1.29, 1.82) is 0 Å². The van der Waals surface area contributed by atoms with Crippen LogP contribution in [0.3, 0.4) is 0 Å². The Labute approximate surface area is 116 Å². The topological polar surface area (TPSA) is 60.9 Å². The molecule has 5 nitrogen and oxygen atoms in total. The number of aliphatic hydroxyl groups excluding tert-OH is 1. The molecule has 0 radical (unpaired) electrons. The Morgan fingerprint density at radius 3 is 2.53 bits per heavy atom. The van der Waals surface area contributed by atoms with Crippen LogP contribution in [0.1, 0.15) is 39.5 Å². The largest absolute Gasteiger partial charge is 0.396 e. The van der Waals surface area contributed by atoms with Gasteiger partial charge in [-0.3, -0.25) is 0 Å². The van der Waals surface area contributed by atoms with E-state index in [-0.39, 0.29) is 18.6 Å². The van der Waals surface area contributed by atoms with E-state index in [1.165, 1.54) is 0 Å². The second-order valence-electron chi connectivity index (χ2n) is 6.12. The van der Waals surface area contributed by atoms with Crippen LogP contribution in [-0.4, -0.2) is 54.4 Å². The summed E-state index contributed by atoms with van der Waals surface area (Å²) in [7, 11) is -3.34. The Balaban J connectivity index is 2.13. The molecule has 0 amide bonds. The van der Waals surface area contributed by atoms with Crippen molar-refractivity contribution in [3.05, 3.63) is 0 Å². The van der Waals surface area contributed by atoms with E-state index in [2.05, 4.69) is 13.8 Å². The Morgan fingerprint density at radius 1 is 1.21 bits per heavy atom. The van der Waals surface area contributed by atoms with Crippen molar-refractivity contribution in [3.63, 3.8) is 0 Å². The van der Waals surface area contributed by atoms with Crippen molar-refractivity contribution in [2.24, 2.45) is 11.8 Å². The molecular formula is C13H26N2O3S. The van der Waals surface area contributed by atoms with Crippen molar-refractivity contribution in [1.82, 2.24) is 8.61 Å². The molecule has 2 fully saturated rings. The molecule has 0 bridgehead atoms. The van der Waals surface area contributed by atoms with Gasteiger partial charge in [0.15, 0.2) is 0 Å². The summed E-state index contributed by atoms with van der Waals surface area (Å²) in [4.78, 5) is 0. The fourth-order valence-electron chi connectivity index (χ4n) is 3.25. The zero-order valence-corrected chi connectivity index (χ0v) is 12.8. The van der Waals surface area contributed by atoms with Crippen molar-refractivity contribution in [2.75, 3.05) is 26.2 Å². The highest BCUT2D eigenvalue weighted by Gasteiger charge is 2.40. The SMILES string of the molecule is CC(C)C1CCCN1S(=O)(=O)N1CCCC(CO)C1. The smallest absolute Gasteiger partial charge is 0.282 e. The summed E-state index contributed by atoms with van der Waals surface area (Å²) in [6, 6.07) is 0.138. The molecule has 2 rings (SSSR count). The summed E-state index contributed by atoms with van der Waals surface area (Å²) in [5.74, 6) is 0.458. The molecule has 112 valence electrons. The molecule has 2 saturated heterocycles. The Hall–Kier alpha value is -0.170. The van der Waals surface area contributed by atoms with Crippen LogP contribution in [-0.2, 0) is 10.2 Å². The Morgan fingerprint density at radius 2 is 1.89 bits per heavy atom. The van der Waals surface area contributed by atoms with Crippen molar-refractivity contribution in [3.8, 4) is 0 Å². The van der Waals surface area contributed by atoms with E-state index >= 15 is 0 Å². The van der Waals surface area contributed by atoms with Gasteiger partial charge in [-0.1, -0.05) is 13.8 Å². The fraction of sp³-hybridized carbons (Fsp3) is 1.00. The van der Waals surface area contributed by atoms with Gasteiger partial charge in [-0.25, -0.2) is 0 Å². The van der Waals surface area contributed by atoms with Gasteiger partial charge in [0, 0.05) is 32.3 Å². The maximum atomic E-state index is 12.7. The highest BCUT2D eigenvalue weighted by atomic mass is 32.2. The number of piperidine rings is 1. The number of rotatable bonds is 4. The first kappa shape index (κ1) is 15.2. The van der Waals surface area contributed by atoms with E-state index in [0.717, 1.165) is 25.7 Å². The van der Waals surface area contributed by atoms with Gasteiger partial charge in [-0.05, 0) is 37.5 Å². The van der Waals surface area contributed by atoms with Gasteiger partial charge in [-0.15, -0.1) is 0 Å². The van der Waals surface area contributed by atoms with Crippen LogP contribution in [0.2, 0.25) is 0 Å². The van der Waals surface area contributed by atoms with Gasteiger partial charge < -0.3 is 5.11 Å². The van der Waals surface area contributed by atoms with Crippen LogP contribution in [0.4, 0.5) is 0 Å². The van der Waals surface area contributed by atoms with Gasteiger partial charge in [0.2, 0.25) is 0 Å². The predicted molar refractivity (Wildman–Crippen MR) is 74.9 cm³/mol. The maximum Gasteiger partial charge on any atom is 0.282 e. The molecule has 0 aliphatic carbocycles. The molecule has 2 aliphatic rings. The van der Waals surface area contributed by atoms with E-state index < -0.39 is 10.2 Å². The van der Waals surface area contributed by atoms with Gasteiger partial charge in [0.05, 0.1) is 0 Å². The lowest BCUT2D eigenvalue weighted by Gasteiger charge is -2.36. The molecule has 1 N–H and O–H groups in total. The summed E-state index contributed by atoms with van der Waals surface area (Å²) in [6.45, 7) is 5.97. The fourth-order valence-corrected chi connectivity index (χ4v) is 5.36. The summed E-state index contributed by atoms with van der Waals surface area (Å²) in [6.07, 6.45) is 3.70. The van der Waals surface area contributed by atoms with Crippen LogP contribution in [0.15, 0.2) is 0 Å². The first-order valence-electron chi connectivity index (χ1n) is 7.34. The van der Waals surface area contributed by atoms with Crippen molar-refractivity contribution < 1.29 is 13.5 Å². The number of aliphatic hydroxyl groups is 1. The molecule has 2 atom stereocenters. The minimum absolute atomic E-state index is 0.0830. The number of hydrogen-bond acceptors (Lipinski definition) is 3. The lowest BCUT2D eigenvalue weighted by molar-refractivity contribution is 0.158. The van der Waals surface area contributed by atoms with Gasteiger partial charge in [0.25, 0.3) is 10.2 Å². The highest BCUT2D eigenvalue weighted by molar-refractivity contribution is 7.86. The second-order valence-corrected chi connectivity index (χ2v) is 8.00. The normalized spacial score (nSPS) is 31.2. The molecule has 0 aromatic rings. The highest BCUT2D eigenvalue weighted by Crippen LogP contribution is 2.30. The third kappa shape index (κ3) is 3.12. The standard InChI is InChI=1S/C13H26N2O3S/c1-11(2)13-6-4-8-15(13)19(17,18)14-7-3-5-12(9-14)10-16/h11-13,16H,3-10H2,1-2H3. The molecule has 19 heavy (non-hydrogen) atoms. The van der Waals surface area contributed by atoms with Crippen LogP contribution in [0.25, 0.3) is 0 Å². The molecule has 0 aromatic carbocycles. The van der Waals surface area contributed by atoms with E-state index in [0.29, 0.717) is 25.6 Å². The van der Waals surface area contributed by atoms with Crippen LogP contribution < -0.4 is 0 Å². The zero-order chi connectivity index (χ0) is 14.0. The number of nitrogens with zero attached hydrogens (tertiary/aromatic N) is 2. The van der Waals surface area contributed by atoms with E-state index in [9.17, 15) is 13.5 Å². The second kappa shape index (κ2) is 6.08. The molecule has 0 saturated carbocycles. The summed E-state index contributed by atoms with van der Waals surface area (Å²) < 4.78 is 28.7. The molecular weight excluding hydrogens is 264 g/mol. The average molecular weight is 290 g/mol. The molecule has 2 unspecified atom stereocenters. The summed E-state index contributed by atoms with van der Waals surface area (Å²) in [5, 5.41) is 9.24. The average Bonchev–Trinajstić information content (AvgIpc) is 2.89. The summed E-state index contributed by atoms with van der Waals surface area (Å²) in [5.41, 5.74) is 0. The molecule has 2 heterocycles. The summed E-state index contributed by atoms with van der Waals surface area (Å²) >= 11 is 0. The molecule has 2 aliphatic heterocycles. The predicted octanol–water partition coefficient (Wildman–Crippen LogP) is 1.06. The Bertz CT molecular complexity index is 397. The first-order chi connectivity index (χ1) is 8.96. The van der Waals surface area contributed by atoms with Crippen molar-refractivity contribution in [2.45, 2.75) is 45.6 Å². The molecule has 6 heteroatoms. The first-order valence-corrected chi connectivity index (χ1v) is 8.74. The zero-order valence-electron chi connectivity index (χ0n) is 12.0.